The summed E-state index contributed by atoms with van der Waals surface area (Å²) in [6, 6.07) is 6.62. The largest absolute Gasteiger partial charge is 0.481 e. The molecule has 0 bridgehead atoms. The number of nitrogens with zero attached hydrogens (tertiary/aromatic N) is 2. The highest BCUT2D eigenvalue weighted by Gasteiger charge is 2.52. The molecule has 2 saturated heterocycles. The number of piperidine rings is 1. The van der Waals surface area contributed by atoms with E-state index in [1.54, 1.807) is 30.9 Å². The molecule has 6 nitrogen and oxygen atoms in total. The number of carboxylic acid groups (broad SMARTS) is 1. The van der Waals surface area contributed by atoms with Gasteiger partial charge in [-0.3, -0.25) is 14.4 Å². The van der Waals surface area contributed by atoms with E-state index in [9.17, 15) is 18.8 Å². The summed E-state index contributed by atoms with van der Waals surface area (Å²) in [5.74, 6) is -0.721. The van der Waals surface area contributed by atoms with Crippen LogP contribution < -0.4 is 0 Å². The smallest absolute Gasteiger partial charge is 0.303 e. The van der Waals surface area contributed by atoms with Crippen molar-refractivity contribution >= 4 is 17.8 Å². The Kier molecular flexibility index (Phi) is 7.49. The van der Waals surface area contributed by atoms with Crippen LogP contribution in [-0.2, 0) is 20.8 Å². The van der Waals surface area contributed by atoms with Gasteiger partial charge in [-0.05, 0) is 54.7 Å². The Morgan fingerprint density at radius 3 is 2.45 bits per heavy atom. The highest BCUT2D eigenvalue weighted by molar-refractivity contribution is 5.86. The van der Waals surface area contributed by atoms with Crippen LogP contribution in [0.3, 0.4) is 0 Å². The molecule has 182 valence electrons. The lowest BCUT2D eigenvalue weighted by atomic mass is 9.75. The minimum absolute atomic E-state index is 0.0263. The van der Waals surface area contributed by atoms with Gasteiger partial charge in [-0.1, -0.05) is 39.8 Å². The molecule has 1 atom stereocenters. The van der Waals surface area contributed by atoms with Gasteiger partial charge in [-0.25, -0.2) is 4.39 Å². The number of amides is 2. The SMILES string of the molecule is CC(C)CN1C(=O)C2(CCN(C(=O)CC(C)(C)CC(=O)O)CC2)CC1Cc1cccc(F)c1. The second-order valence-electron chi connectivity index (χ2n) is 11.1. The first kappa shape index (κ1) is 25.2. The number of carbonyl (C=O) groups excluding carboxylic acids is 2. The molecule has 0 radical (unpaired) electrons. The van der Waals surface area contributed by atoms with E-state index >= 15 is 0 Å². The molecule has 2 amide bonds. The topological polar surface area (TPSA) is 77.9 Å². The van der Waals surface area contributed by atoms with Gasteiger partial charge in [0.25, 0.3) is 0 Å². The maximum absolute atomic E-state index is 13.7. The molecule has 2 heterocycles. The molecular weight excluding hydrogens is 423 g/mol. The van der Waals surface area contributed by atoms with Crippen LogP contribution in [0.25, 0.3) is 0 Å². The average molecular weight is 461 g/mol. The summed E-state index contributed by atoms with van der Waals surface area (Å²) in [7, 11) is 0. The first-order chi connectivity index (χ1) is 15.4. The van der Waals surface area contributed by atoms with E-state index in [1.807, 2.05) is 11.0 Å². The Labute approximate surface area is 196 Å². The molecule has 1 N–H and O–H groups in total. The van der Waals surface area contributed by atoms with Crippen LogP contribution in [0.5, 0.6) is 0 Å². The first-order valence-electron chi connectivity index (χ1n) is 12.0. The fourth-order valence-electron chi connectivity index (χ4n) is 5.46. The number of aliphatic carboxylic acids is 1. The average Bonchev–Trinajstić information content (AvgIpc) is 2.92. The highest BCUT2D eigenvalue weighted by Crippen LogP contribution is 2.46. The van der Waals surface area contributed by atoms with Gasteiger partial charge >= 0.3 is 5.97 Å². The molecule has 0 saturated carbocycles. The van der Waals surface area contributed by atoms with Crippen molar-refractivity contribution in [2.45, 2.75) is 72.3 Å². The quantitative estimate of drug-likeness (QED) is 0.633. The summed E-state index contributed by atoms with van der Waals surface area (Å²) in [6.45, 7) is 9.48. The first-order valence-corrected chi connectivity index (χ1v) is 12.0. The van der Waals surface area contributed by atoms with Crippen molar-refractivity contribution < 1.29 is 23.9 Å². The number of halogens is 1. The molecule has 1 spiro atoms. The van der Waals surface area contributed by atoms with Gasteiger partial charge in [0.1, 0.15) is 5.82 Å². The van der Waals surface area contributed by atoms with Crippen LogP contribution in [0.4, 0.5) is 4.39 Å². The lowest BCUT2D eigenvalue weighted by Gasteiger charge is -2.39. The van der Waals surface area contributed by atoms with Gasteiger partial charge in [-0.2, -0.15) is 0 Å². The number of rotatable bonds is 8. The monoisotopic (exact) mass is 460 g/mol. The van der Waals surface area contributed by atoms with Crippen molar-refractivity contribution in [3.05, 3.63) is 35.6 Å². The van der Waals surface area contributed by atoms with Crippen LogP contribution in [0, 0.1) is 22.6 Å². The van der Waals surface area contributed by atoms with Crippen LogP contribution in [0.1, 0.15) is 65.4 Å². The number of likely N-dealkylation sites (tertiary alicyclic amines) is 2. The maximum atomic E-state index is 13.7. The lowest BCUT2D eigenvalue weighted by molar-refractivity contribution is -0.145. The van der Waals surface area contributed by atoms with Gasteiger partial charge in [0.2, 0.25) is 11.8 Å². The summed E-state index contributed by atoms with van der Waals surface area (Å²) in [6.07, 6.45) is 2.71. The predicted molar refractivity (Wildman–Crippen MR) is 124 cm³/mol. The Morgan fingerprint density at radius 1 is 1.21 bits per heavy atom. The molecule has 2 fully saturated rings. The maximum Gasteiger partial charge on any atom is 0.303 e. The third-order valence-electron chi connectivity index (χ3n) is 7.04. The van der Waals surface area contributed by atoms with Crippen molar-refractivity contribution in [3.8, 4) is 0 Å². The molecule has 2 aliphatic heterocycles. The van der Waals surface area contributed by atoms with Crippen LogP contribution in [0.2, 0.25) is 0 Å². The molecule has 0 aromatic heterocycles. The molecule has 0 aliphatic carbocycles. The molecule has 1 aromatic carbocycles. The highest BCUT2D eigenvalue weighted by atomic mass is 19.1. The van der Waals surface area contributed by atoms with E-state index in [4.69, 9.17) is 5.11 Å². The minimum Gasteiger partial charge on any atom is -0.481 e. The fraction of sp³-hybridized carbons (Fsp3) is 0.654. The van der Waals surface area contributed by atoms with Crippen molar-refractivity contribution in [2.24, 2.45) is 16.7 Å². The van der Waals surface area contributed by atoms with Crippen molar-refractivity contribution in [2.75, 3.05) is 19.6 Å². The zero-order chi connectivity index (χ0) is 24.4. The summed E-state index contributed by atoms with van der Waals surface area (Å²) < 4.78 is 13.7. The van der Waals surface area contributed by atoms with Gasteiger partial charge in [0.15, 0.2) is 0 Å². The van der Waals surface area contributed by atoms with Gasteiger partial charge in [0.05, 0.1) is 11.8 Å². The predicted octanol–water partition coefficient (Wildman–Crippen LogP) is 4.12. The number of hydrogen-bond donors (Lipinski definition) is 1. The Balaban J connectivity index is 1.69. The second kappa shape index (κ2) is 9.82. The summed E-state index contributed by atoms with van der Waals surface area (Å²) in [5, 5.41) is 9.09. The fourth-order valence-corrected chi connectivity index (χ4v) is 5.46. The van der Waals surface area contributed by atoms with E-state index in [2.05, 4.69) is 13.8 Å². The van der Waals surface area contributed by atoms with Crippen LogP contribution in [-0.4, -0.2) is 58.4 Å². The number of carboxylic acids is 1. The third kappa shape index (κ3) is 6.12. The minimum atomic E-state index is -0.906. The van der Waals surface area contributed by atoms with E-state index in [0.29, 0.717) is 44.8 Å². The van der Waals surface area contributed by atoms with Crippen molar-refractivity contribution in [1.29, 1.82) is 0 Å². The van der Waals surface area contributed by atoms with Gasteiger partial charge in [-0.15, -0.1) is 0 Å². The van der Waals surface area contributed by atoms with E-state index in [-0.39, 0.29) is 36.5 Å². The van der Waals surface area contributed by atoms with Crippen LogP contribution >= 0.6 is 0 Å². The molecule has 33 heavy (non-hydrogen) atoms. The summed E-state index contributed by atoms with van der Waals surface area (Å²) in [4.78, 5) is 41.3. The molecule has 3 rings (SSSR count). The Bertz CT molecular complexity index is 890. The van der Waals surface area contributed by atoms with E-state index in [1.165, 1.54) is 6.07 Å². The van der Waals surface area contributed by atoms with Crippen molar-refractivity contribution in [3.63, 3.8) is 0 Å². The second-order valence-corrected chi connectivity index (χ2v) is 11.1. The molecular formula is C26H37FN2O4. The normalized spacial score (nSPS) is 20.7. The zero-order valence-electron chi connectivity index (χ0n) is 20.3. The molecule has 1 unspecified atom stereocenters. The summed E-state index contributed by atoms with van der Waals surface area (Å²) in [5.41, 5.74) is -0.183. The number of hydrogen-bond acceptors (Lipinski definition) is 3. The number of carbonyl (C=O) groups is 3. The molecule has 7 heteroatoms. The Morgan fingerprint density at radius 2 is 1.88 bits per heavy atom. The number of benzene rings is 1. The van der Waals surface area contributed by atoms with Crippen LogP contribution in [0.15, 0.2) is 24.3 Å². The van der Waals surface area contributed by atoms with Gasteiger partial charge in [0, 0.05) is 32.1 Å². The zero-order valence-corrected chi connectivity index (χ0v) is 20.3. The van der Waals surface area contributed by atoms with E-state index < -0.39 is 16.8 Å². The third-order valence-corrected chi connectivity index (χ3v) is 7.04. The molecule has 2 aliphatic rings. The molecule has 1 aromatic rings. The van der Waals surface area contributed by atoms with Gasteiger partial charge < -0.3 is 14.9 Å². The standard InChI is InChI=1S/C26H37FN2O4/c1-18(2)17-29-21(13-19-6-5-7-20(27)12-19)14-26(24(29)33)8-10-28(11-9-26)22(30)15-25(3,4)16-23(31)32/h5-7,12,18,21H,8-11,13-17H2,1-4H3,(H,31,32). The Hall–Kier alpha value is -2.44. The lowest BCUT2D eigenvalue weighted by Crippen LogP contribution is -2.47. The van der Waals surface area contributed by atoms with E-state index in [0.717, 1.165) is 12.0 Å². The summed E-state index contributed by atoms with van der Waals surface area (Å²) >= 11 is 0. The van der Waals surface area contributed by atoms with Crippen molar-refractivity contribution in [1.82, 2.24) is 9.80 Å².